The van der Waals surface area contributed by atoms with Gasteiger partial charge in [0.25, 0.3) is 0 Å². The third-order valence-electron chi connectivity index (χ3n) is 4.06. The summed E-state index contributed by atoms with van der Waals surface area (Å²) in [4.78, 5) is 12.8. The summed E-state index contributed by atoms with van der Waals surface area (Å²) in [5.74, 6) is 0.567. The molecule has 0 radical (unpaired) electrons. The molecule has 132 valence electrons. The smallest absolute Gasteiger partial charge is 0.342 e. The molecule has 0 bridgehead atoms. The standard InChI is InChI=1S/C22H20O4/c1-24-18-13-14-19(20(15-18)25-2)22(23)26-21(16-9-5-3-6-10-16)17-11-7-4-8-12-17/h3-15,21H,1-2H3. The van der Waals surface area contributed by atoms with Crippen LogP contribution in [0.2, 0.25) is 0 Å². The summed E-state index contributed by atoms with van der Waals surface area (Å²) in [5.41, 5.74) is 2.16. The van der Waals surface area contributed by atoms with E-state index in [0.717, 1.165) is 11.1 Å². The van der Waals surface area contributed by atoms with Gasteiger partial charge in [0.15, 0.2) is 6.10 Å². The molecular weight excluding hydrogens is 328 g/mol. The number of esters is 1. The second kappa shape index (κ2) is 8.21. The molecule has 0 aliphatic heterocycles. The molecule has 0 aliphatic carbocycles. The quantitative estimate of drug-likeness (QED) is 0.608. The number of carbonyl (C=O) groups excluding carboxylic acids is 1. The Morgan fingerprint density at radius 2 is 1.35 bits per heavy atom. The Labute approximate surface area is 153 Å². The maximum Gasteiger partial charge on any atom is 0.342 e. The van der Waals surface area contributed by atoms with Gasteiger partial charge in [0.1, 0.15) is 17.1 Å². The van der Waals surface area contributed by atoms with Gasteiger partial charge in [0, 0.05) is 6.07 Å². The average Bonchev–Trinajstić information content (AvgIpc) is 2.72. The van der Waals surface area contributed by atoms with Crippen molar-refractivity contribution in [2.24, 2.45) is 0 Å². The number of ether oxygens (including phenoxy) is 3. The van der Waals surface area contributed by atoms with Gasteiger partial charge in [-0.3, -0.25) is 0 Å². The number of hydrogen-bond donors (Lipinski definition) is 0. The van der Waals surface area contributed by atoms with E-state index in [9.17, 15) is 4.79 Å². The normalized spacial score (nSPS) is 10.4. The molecule has 0 saturated carbocycles. The van der Waals surface area contributed by atoms with E-state index in [1.54, 1.807) is 25.3 Å². The molecule has 0 aliphatic rings. The second-order valence-corrected chi connectivity index (χ2v) is 5.67. The molecule has 3 aromatic carbocycles. The molecule has 4 nitrogen and oxygen atoms in total. The summed E-state index contributed by atoms with van der Waals surface area (Å²) < 4.78 is 16.4. The molecule has 3 aromatic rings. The minimum absolute atomic E-state index is 0.352. The minimum atomic E-state index is -0.503. The van der Waals surface area contributed by atoms with E-state index in [-0.39, 0.29) is 0 Å². The highest BCUT2D eigenvalue weighted by atomic mass is 16.5. The van der Waals surface area contributed by atoms with Crippen molar-refractivity contribution in [1.82, 2.24) is 0 Å². The van der Waals surface area contributed by atoms with Gasteiger partial charge in [0.05, 0.1) is 14.2 Å². The van der Waals surface area contributed by atoms with Crippen LogP contribution in [0.3, 0.4) is 0 Å². The highest BCUT2D eigenvalue weighted by Gasteiger charge is 2.22. The monoisotopic (exact) mass is 348 g/mol. The molecule has 26 heavy (non-hydrogen) atoms. The van der Waals surface area contributed by atoms with Crippen molar-refractivity contribution in [3.05, 3.63) is 95.6 Å². The second-order valence-electron chi connectivity index (χ2n) is 5.67. The van der Waals surface area contributed by atoms with Crippen LogP contribution in [0, 0.1) is 0 Å². The molecule has 3 rings (SSSR count). The zero-order valence-corrected chi connectivity index (χ0v) is 14.7. The maximum atomic E-state index is 12.8. The Hall–Kier alpha value is -3.27. The molecule has 0 atom stereocenters. The Balaban J connectivity index is 1.94. The fourth-order valence-electron chi connectivity index (χ4n) is 2.72. The van der Waals surface area contributed by atoms with Crippen LogP contribution >= 0.6 is 0 Å². The lowest BCUT2D eigenvalue weighted by molar-refractivity contribution is 0.0374. The first-order valence-corrected chi connectivity index (χ1v) is 8.26. The highest BCUT2D eigenvalue weighted by Crippen LogP contribution is 2.30. The van der Waals surface area contributed by atoms with E-state index in [0.29, 0.717) is 17.1 Å². The van der Waals surface area contributed by atoms with Crippen LogP contribution in [0.4, 0.5) is 0 Å². The first kappa shape index (κ1) is 17.5. The molecule has 0 fully saturated rings. The number of methoxy groups -OCH3 is 2. The molecule has 0 N–H and O–H groups in total. The molecule has 0 heterocycles. The van der Waals surface area contributed by atoms with E-state index in [2.05, 4.69) is 0 Å². The van der Waals surface area contributed by atoms with Crippen molar-refractivity contribution in [3.8, 4) is 11.5 Å². The third kappa shape index (κ3) is 3.86. The summed E-state index contributed by atoms with van der Waals surface area (Å²) in [6.45, 7) is 0. The lowest BCUT2D eigenvalue weighted by atomic mass is 10.0. The zero-order chi connectivity index (χ0) is 18.4. The van der Waals surface area contributed by atoms with E-state index < -0.39 is 12.1 Å². The predicted octanol–water partition coefficient (Wildman–Crippen LogP) is 4.65. The minimum Gasteiger partial charge on any atom is -0.497 e. The molecule has 0 aromatic heterocycles. The fourth-order valence-corrected chi connectivity index (χ4v) is 2.72. The largest absolute Gasteiger partial charge is 0.497 e. The first-order chi connectivity index (χ1) is 12.7. The van der Waals surface area contributed by atoms with Gasteiger partial charge in [-0.2, -0.15) is 0 Å². The molecule has 0 unspecified atom stereocenters. The Morgan fingerprint density at radius 1 is 0.769 bits per heavy atom. The van der Waals surface area contributed by atoms with Crippen LogP contribution in [0.25, 0.3) is 0 Å². The van der Waals surface area contributed by atoms with Crippen molar-refractivity contribution >= 4 is 5.97 Å². The van der Waals surface area contributed by atoms with Crippen LogP contribution in [0.5, 0.6) is 11.5 Å². The SMILES string of the molecule is COc1ccc(C(=O)OC(c2ccccc2)c2ccccc2)c(OC)c1. The van der Waals surface area contributed by atoms with E-state index in [1.165, 1.54) is 7.11 Å². The fraction of sp³-hybridized carbons (Fsp3) is 0.136. The molecular formula is C22H20O4. The zero-order valence-electron chi connectivity index (χ0n) is 14.7. The molecule has 0 amide bonds. The number of hydrogen-bond acceptors (Lipinski definition) is 4. The summed E-state index contributed by atoms with van der Waals surface area (Å²) in [6, 6.07) is 24.3. The van der Waals surface area contributed by atoms with Crippen molar-refractivity contribution in [3.63, 3.8) is 0 Å². The predicted molar refractivity (Wildman–Crippen MR) is 99.7 cm³/mol. The molecule has 0 saturated heterocycles. The van der Waals surface area contributed by atoms with Crippen molar-refractivity contribution < 1.29 is 19.0 Å². The summed E-state index contributed by atoms with van der Waals surface area (Å²) in [5, 5.41) is 0. The van der Waals surface area contributed by atoms with Gasteiger partial charge in [0.2, 0.25) is 0 Å². The maximum absolute atomic E-state index is 12.8. The van der Waals surface area contributed by atoms with Gasteiger partial charge < -0.3 is 14.2 Å². The van der Waals surface area contributed by atoms with Crippen LogP contribution in [0.15, 0.2) is 78.9 Å². The average molecular weight is 348 g/mol. The lowest BCUT2D eigenvalue weighted by Crippen LogP contribution is -2.14. The van der Waals surface area contributed by atoms with Crippen molar-refractivity contribution in [2.75, 3.05) is 14.2 Å². The topological polar surface area (TPSA) is 44.8 Å². The van der Waals surface area contributed by atoms with Gasteiger partial charge in [-0.1, -0.05) is 60.7 Å². The molecule has 4 heteroatoms. The van der Waals surface area contributed by atoms with E-state index >= 15 is 0 Å². The molecule has 0 spiro atoms. The van der Waals surface area contributed by atoms with E-state index in [4.69, 9.17) is 14.2 Å². The first-order valence-electron chi connectivity index (χ1n) is 8.26. The van der Waals surface area contributed by atoms with Crippen molar-refractivity contribution in [2.45, 2.75) is 6.10 Å². The van der Waals surface area contributed by atoms with Crippen LogP contribution in [-0.2, 0) is 4.74 Å². The number of carbonyl (C=O) groups is 1. The summed E-state index contributed by atoms with van der Waals surface area (Å²) in [7, 11) is 3.07. The van der Waals surface area contributed by atoms with Gasteiger partial charge >= 0.3 is 5.97 Å². The summed E-state index contributed by atoms with van der Waals surface area (Å²) >= 11 is 0. The lowest BCUT2D eigenvalue weighted by Gasteiger charge is -2.20. The van der Waals surface area contributed by atoms with Crippen molar-refractivity contribution in [1.29, 1.82) is 0 Å². The van der Waals surface area contributed by atoms with Gasteiger partial charge in [-0.15, -0.1) is 0 Å². The van der Waals surface area contributed by atoms with Gasteiger partial charge in [-0.25, -0.2) is 4.79 Å². The van der Waals surface area contributed by atoms with E-state index in [1.807, 2.05) is 60.7 Å². The highest BCUT2D eigenvalue weighted by molar-refractivity contribution is 5.93. The third-order valence-corrected chi connectivity index (χ3v) is 4.06. The van der Waals surface area contributed by atoms with Gasteiger partial charge in [-0.05, 0) is 23.3 Å². The van der Waals surface area contributed by atoms with Crippen LogP contribution in [-0.4, -0.2) is 20.2 Å². The number of benzene rings is 3. The van der Waals surface area contributed by atoms with Crippen LogP contribution < -0.4 is 9.47 Å². The Kier molecular flexibility index (Phi) is 5.54. The van der Waals surface area contributed by atoms with Crippen LogP contribution in [0.1, 0.15) is 27.6 Å². The Morgan fingerprint density at radius 3 is 1.85 bits per heavy atom. The number of rotatable bonds is 6. The summed E-state index contributed by atoms with van der Waals surface area (Å²) in [6.07, 6.45) is -0.503. The Bertz CT molecular complexity index is 820.